The molecule has 32 heavy (non-hydrogen) atoms. The maximum atomic E-state index is 12.7. The lowest BCUT2D eigenvalue weighted by atomic mass is 10.2. The minimum Gasteiger partial charge on any atom is -0.489 e. The van der Waals surface area contributed by atoms with Crippen molar-refractivity contribution in [3.63, 3.8) is 0 Å². The fourth-order valence-corrected chi connectivity index (χ4v) is 4.28. The van der Waals surface area contributed by atoms with E-state index in [2.05, 4.69) is 10.00 Å². The van der Waals surface area contributed by atoms with Gasteiger partial charge in [0, 0.05) is 34.9 Å². The van der Waals surface area contributed by atoms with Crippen LogP contribution in [0.5, 0.6) is 5.75 Å². The monoisotopic (exact) mass is 448 g/mol. The second kappa shape index (κ2) is 9.18. The molecule has 0 amide bonds. The number of hydrogen-bond donors (Lipinski definition) is 0. The van der Waals surface area contributed by atoms with Crippen LogP contribution in [0.1, 0.15) is 18.4 Å². The fourth-order valence-electron chi connectivity index (χ4n) is 4.16. The highest BCUT2D eigenvalue weighted by Gasteiger charge is 2.12. The summed E-state index contributed by atoms with van der Waals surface area (Å²) in [5.41, 5.74) is 2.75. The van der Waals surface area contributed by atoms with Gasteiger partial charge in [-0.1, -0.05) is 23.7 Å². The van der Waals surface area contributed by atoms with Gasteiger partial charge in [0.25, 0.3) is 5.56 Å². The van der Waals surface area contributed by atoms with Gasteiger partial charge < -0.3 is 9.64 Å². The molecule has 3 heterocycles. The van der Waals surface area contributed by atoms with Gasteiger partial charge >= 0.3 is 0 Å². The second-order valence-corrected chi connectivity index (χ2v) is 8.58. The van der Waals surface area contributed by atoms with Gasteiger partial charge in [0.2, 0.25) is 0 Å². The number of ether oxygens (including phenoxy) is 1. The van der Waals surface area contributed by atoms with Crippen molar-refractivity contribution in [1.29, 1.82) is 0 Å². The number of nitrogens with zero attached hydrogens (tertiary/aromatic N) is 4. The summed E-state index contributed by atoms with van der Waals surface area (Å²) in [7, 11) is 0. The van der Waals surface area contributed by atoms with Gasteiger partial charge in [0.1, 0.15) is 12.4 Å². The normalized spacial score (nSPS) is 14.3. The lowest BCUT2D eigenvalue weighted by Crippen LogP contribution is -2.24. The summed E-state index contributed by atoms with van der Waals surface area (Å²) in [6.45, 7) is 4.65. The largest absolute Gasteiger partial charge is 0.489 e. The van der Waals surface area contributed by atoms with Crippen molar-refractivity contribution in [3.8, 4) is 11.4 Å². The molecule has 1 aliphatic rings. The summed E-state index contributed by atoms with van der Waals surface area (Å²) in [6, 6.07) is 16.8. The Morgan fingerprint density at radius 1 is 0.969 bits per heavy atom. The summed E-state index contributed by atoms with van der Waals surface area (Å²) in [4.78, 5) is 15.2. The molecule has 0 saturated carbocycles. The minimum atomic E-state index is -0.139. The van der Waals surface area contributed by atoms with Crippen molar-refractivity contribution in [2.45, 2.75) is 26.0 Å². The Morgan fingerprint density at radius 3 is 2.56 bits per heavy atom. The van der Waals surface area contributed by atoms with E-state index in [9.17, 15) is 4.79 Å². The zero-order valence-corrected chi connectivity index (χ0v) is 18.5. The van der Waals surface area contributed by atoms with Gasteiger partial charge in [-0.25, -0.2) is 0 Å². The van der Waals surface area contributed by atoms with E-state index in [1.165, 1.54) is 32.0 Å². The van der Waals surface area contributed by atoms with Crippen molar-refractivity contribution >= 4 is 22.5 Å². The molecule has 0 unspecified atom stereocenters. The molecule has 2 aromatic heterocycles. The van der Waals surface area contributed by atoms with Crippen molar-refractivity contribution in [3.05, 3.63) is 87.9 Å². The maximum absolute atomic E-state index is 12.7. The SMILES string of the molecule is O=c1cc(OCc2ccc(Cl)cc2)ccn1-c1ccc2c(cnn2CCN2CCCC2)c1. The Balaban J connectivity index is 1.29. The average molecular weight is 449 g/mol. The number of halogens is 1. The van der Waals surface area contributed by atoms with Crippen LogP contribution < -0.4 is 10.3 Å². The number of likely N-dealkylation sites (tertiary alicyclic amines) is 1. The highest BCUT2D eigenvalue weighted by Crippen LogP contribution is 2.19. The summed E-state index contributed by atoms with van der Waals surface area (Å²) >= 11 is 5.91. The van der Waals surface area contributed by atoms with Crippen LogP contribution >= 0.6 is 11.6 Å². The molecule has 0 N–H and O–H groups in total. The third-order valence-electron chi connectivity index (χ3n) is 5.94. The molecular weight excluding hydrogens is 424 g/mol. The van der Waals surface area contributed by atoms with E-state index < -0.39 is 0 Å². The quantitative estimate of drug-likeness (QED) is 0.417. The van der Waals surface area contributed by atoms with E-state index in [0.29, 0.717) is 17.4 Å². The molecule has 0 aliphatic carbocycles. The molecule has 5 rings (SSSR count). The highest BCUT2D eigenvalue weighted by atomic mass is 35.5. The highest BCUT2D eigenvalue weighted by molar-refractivity contribution is 6.30. The minimum absolute atomic E-state index is 0.139. The Morgan fingerprint density at radius 2 is 1.78 bits per heavy atom. The van der Waals surface area contributed by atoms with Gasteiger partial charge in [0.15, 0.2) is 0 Å². The van der Waals surface area contributed by atoms with E-state index >= 15 is 0 Å². The van der Waals surface area contributed by atoms with Gasteiger partial charge in [-0.05, 0) is 67.9 Å². The van der Waals surface area contributed by atoms with Crippen LogP contribution in [0.3, 0.4) is 0 Å². The number of pyridine rings is 1. The smallest absolute Gasteiger partial charge is 0.258 e. The number of fused-ring (bicyclic) bond motifs is 1. The van der Waals surface area contributed by atoms with E-state index in [1.807, 2.05) is 53.3 Å². The summed E-state index contributed by atoms with van der Waals surface area (Å²) in [5.74, 6) is 0.539. The van der Waals surface area contributed by atoms with Crippen molar-refractivity contribution in [1.82, 2.24) is 19.2 Å². The van der Waals surface area contributed by atoms with E-state index in [0.717, 1.165) is 35.2 Å². The Labute approximate surface area is 191 Å². The Bertz CT molecular complexity index is 1270. The molecule has 0 spiro atoms. The lowest BCUT2D eigenvalue weighted by Gasteiger charge is -2.14. The first kappa shape index (κ1) is 20.8. The first-order valence-corrected chi connectivity index (χ1v) is 11.3. The molecular formula is C25H25ClN4O2. The predicted octanol–water partition coefficient (Wildman–Crippen LogP) is 4.52. The molecule has 0 radical (unpaired) electrons. The zero-order chi connectivity index (χ0) is 21.9. The third-order valence-corrected chi connectivity index (χ3v) is 6.19. The van der Waals surface area contributed by atoms with Crippen LogP contribution in [-0.2, 0) is 13.2 Å². The Hall–Kier alpha value is -3.09. The zero-order valence-electron chi connectivity index (χ0n) is 17.8. The number of hydrogen-bond acceptors (Lipinski definition) is 4. The first-order chi connectivity index (χ1) is 15.7. The van der Waals surface area contributed by atoms with Crippen LogP contribution in [0.4, 0.5) is 0 Å². The molecule has 1 saturated heterocycles. The van der Waals surface area contributed by atoms with E-state index in [-0.39, 0.29) is 5.56 Å². The van der Waals surface area contributed by atoms with Crippen LogP contribution in [-0.4, -0.2) is 38.9 Å². The number of aromatic nitrogens is 3. The third kappa shape index (κ3) is 4.56. The summed E-state index contributed by atoms with van der Waals surface area (Å²) in [6.07, 6.45) is 6.21. The van der Waals surface area contributed by atoms with E-state index in [1.54, 1.807) is 16.8 Å². The average Bonchev–Trinajstić information content (AvgIpc) is 3.47. The van der Waals surface area contributed by atoms with Gasteiger partial charge in [0.05, 0.1) is 18.3 Å². The molecule has 2 aromatic carbocycles. The van der Waals surface area contributed by atoms with Crippen LogP contribution in [0.15, 0.2) is 71.8 Å². The fraction of sp³-hybridized carbons (Fsp3) is 0.280. The summed E-state index contributed by atoms with van der Waals surface area (Å²) < 4.78 is 9.44. The standard InChI is InChI=1S/C25H25ClN4O2/c26-21-5-3-19(4-6-21)18-32-23-9-12-29(25(31)16-23)22-7-8-24-20(15-22)17-27-30(24)14-13-28-10-1-2-11-28/h3-9,12,15-17H,1-2,10-11,13-14,18H2. The second-order valence-electron chi connectivity index (χ2n) is 8.15. The van der Waals surface area contributed by atoms with Crippen molar-refractivity contribution in [2.24, 2.45) is 0 Å². The molecule has 6 nitrogen and oxygen atoms in total. The van der Waals surface area contributed by atoms with Gasteiger partial charge in [-0.2, -0.15) is 5.10 Å². The molecule has 1 aliphatic heterocycles. The van der Waals surface area contributed by atoms with Crippen molar-refractivity contribution < 1.29 is 4.74 Å². The first-order valence-electron chi connectivity index (χ1n) is 10.9. The molecule has 4 aromatic rings. The Kier molecular flexibility index (Phi) is 5.97. The molecule has 7 heteroatoms. The molecule has 0 atom stereocenters. The van der Waals surface area contributed by atoms with Crippen LogP contribution in [0.25, 0.3) is 16.6 Å². The van der Waals surface area contributed by atoms with Crippen LogP contribution in [0.2, 0.25) is 5.02 Å². The number of rotatable bonds is 7. The predicted molar refractivity (Wildman–Crippen MR) is 127 cm³/mol. The summed E-state index contributed by atoms with van der Waals surface area (Å²) in [5, 5.41) is 6.27. The molecule has 1 fully saturated rings. The van der Waals surface area contributed by atoms with Crippen LogP contribution in [0, 0.1) is 0 Å². The van der Waals surface area contributed by atoms with Gasteiger partial charge in [-0.15, -0.1) is 0 Å². The van der Waals surface area contributed by atoms with Gasteiger partial charge in [-0.3, -0.25) is 14.0 Å². The molecule has 0 bridgehead atoms. The van der Waals surface area contributed by atoms with Crippen molar-refractivity contribution in [2.75, 3.05) is 19.6 Å². The topological polar surface area (TPSA) is 52.3 Å². The molecule has 164 valence electrons. The maximum Gasteiger partial charge on any atom is 0.258 e. The number of benzene rings is 2. The lowest BCUT2D eigenvalue weighted by molar-refractivity contribution is 0.305. The van der Waals surface area contributed by atoms with E-state index in [4.69, 9.17) is 16.3 Å².